The number of carboxylic acid groups (broad SMARTS) is 1. The topological polar surface area (TPSA) is 89.6 Å². The fraction of sp³-hybridized carbons (Fsp3) is 0.632. The Balaban J connectivity index is 1.62. The van der Waals surface area contributed by atoms with Crippen molar-refractivity contribution in [1.82, 2.24) is 14.4 Å². The van der Waals surface area contributed by atoms with Crippen LogP contribution in [-0.4, -0.2) is 57.0 Å². The summed E-state index contributed by atoms with van der Waals surface area (Å²) in [5.74, 6) is -1.05. The van der Waals surface area contributed by atoms with E-state index >= 15 is 0 Å². The lowest BCUT2D eigenvalue weighted by Gasteiger charge is -2.39. The van der Waals surface area contributed by atoms with E-state index in [0.29, 0.717) is 18.7 Å². The summed E-state index contributed by atoms with van der Waals surface area (Å²) in [4.78, 5) is 27.2. The van der Waals surface area contributed by atoms with Crippen LogP contribution in [0.1, 0.15) is 44.4 Å². The normalized spacial score (nSPS) is 22.5. The molecule has 2 fully saturated rings. The van der Waals surface area contributed by atoms with Crippen LogP contribution in [0.4, 0.5) is 0 Å². The van der Waals surface area contributed by atoms with Gasteiger partial charge in [-0.25, -0.2) is 4.79 Å². The van der Waals surface area contributed by atoms with Crippen molar-refractivity contribution >= 4 is 11.9 Å². The van der Waals surface area contributed by atoms with Crippen molar-refractivity contribution in [2.24, 2.45) is 5.41 Å². The molecule has 140 valence electrons. The number of hydrogen-bond acceptors (Lipinski definition) is 4. The van der Waals surface area contributed by atoms with E-state index < -0.39 is 12.0 Å². The van der Waals surface area contributed by atoms with Crippen LogP contribution in [0.3, 0.4) is 0 Å². The Hall–Kier alpha value is -2.33. The molecule has 3 heterocycles. The van der Waals surface area contributed by atoms with Crippen molar-refractivity contribution in [1.29, 1.82) is 5.26 Å². The minimum Gasteiger partial charge on any atom is -0.480 e. The zero-order valence-electron chi connectivity index (χ0n) is 15.4. The van der Waals surface area contributed by atoms with Gasteiger partial charge in [-0.05, 0) is 56.3 Å². The van der Waals surface area contributed by atoms with Gasteiger partial charge in [0.05, 0.1) is 0 Å². The maximum absolute atomic E-state index is 11.8. The molecule has 26 heavy (non-hydrogen) atoms. The van der Waals surface area contributed by atoms with Gasteiger partial charge in [0.15, 0.2) is 0 Å². The highest BCUT2D eigenvalue weighted by molar-refractivity contribution is 5.83. The molecule has 1 spiro atoms. The average Bonchev–Trinajstić information content (AvgIpc) is 3.19. The van der Waals surface area contributed by atoms with Crippen molar-refractivity contribution in [3.63, 3.8) is 0 Å². The van der Waals surface area contributed by atoms with Crippen LogP contribution in [-0.2, 0) is 22.7 Å². The van der Waals surface area contributed by atoms with Crippen LogP contribution in [0.25, 0.3) is 0 Å². The fourth-order valence-corrected chi connectivity index (χ4v) is 4.42. The number of carbonyl (C=O) groups excluding carboxylic acids is 1. The fourth-order valence-electron chi connectivity index (χ4n) is 4.42. The first-order chi connectivity index (χ1) is 12.4. The first-order valence-electron chi connectivity index (χ1n) is 9.19. The van der Waals surface area contributed by atoms with Crippen LogP contribution in [0.15, 0.2) is 12.3 Å². The van der Waals surface area contributed by atoms with Gasteiger partial charge in [0.1, 0.15) is 17.8 Å². The first-order valence-corrected chi connectivity index (χ1v) is 9.19. The van der Waals surface area contributed by atoms with Gasteiger partial charge in [0.2, 0.25) is 5.91 Å². The molecular formula is C19H26N4O3. The molecule has 0 bridgehead atoms. The molecule has 1 amide bonds. The second kappa shape index (κ2) is 7.12. The molecule has 3 rings (SSSR count). The van der Waals surface area contributed by atoms with Crippen LogP contribution in [0.5, 0.6) is 0 Å². The van der Waals surface area contributed by atoms with Crippen LogP contribution in [0, 0.1) is 16.7 Å². The van der Waals surface area contributed by atoms with Gasteiger partial charge in [-0.2, -0.15) is 5.26 Å². The van der Waals surface area contributed by atoms with Crippen molar-refractivity contribution in [3.8, 4) is 6.07 Å². The Morgan fingerprint density at radius 2 is 2.08 bits per heavy atom. The predicted molar refractivity (Wildman–Crippen MR) is 95.2 cm³/mol. The van der Waals surface area contributed by atoms with E-state index in [1.54, 1.807) is 0 Å². The second-order valence-electron chi connectivity index (χ2n) is 7.61. The summed E-state index contributed by atoms with van der Waals surface area (Å²) >= 11 is 0. The monoisotopic (exact) mass is 358 g/mol. The SMILES string of the molecule is CCn1cc(CN2CCC3(CC2)C[C@H](C(=O)O)N(C(C)=O)C3)cc1C#N. The molecule has 0 saturated carbocycles. The highest BCUT2D eigenvalue weighted by Crippen LogP contribution is 2.43. The lowest BCUT2D eigenvalue weighted by Crippen LogP contribution is -2.42. The molecule has 1 N–H and O–H groups in total. The highest BCUT2D eigenvalue weighted by Gasteiger charge is 2.49. The van der Waals surface area contributed by atoms with Crippen molar-refractivity contribution in [2.75, 3.05) is 19.6 Å². The third-order valence-electron chi connectivity index (χ3n) is 5.93. The molecule has 0 unspecified atom stereocenters. The van der Waals surface area contributed by atoms with Crippen molar-refractivity contribution in [3.05, 3.63) is 23.5 Å². The summed E-state index contributed by atoms with van der Waals surface area (Å²) in [5.41, 5.74) is 1.76. The molecule has 1 atom stereocenters. The average molecular weight is 358 g/mol. The van der Waals surface area contributed by atoms with Crippen LogP contribution in [0.2, 0.25) is 0 Å². The number of aliphatic carboxylic acids is 1. The third-order valence-corrected chi connectivity index (χ3v) is 5.93. The Kier molecular flexibility index (Phi) is 5.05. The van der Waals surface area contributed by atoms with Gasteiger partial charge >= 0.3 is 5.97 Å². The largest absolute Gasteiger partial charge is 0.480 e. The maximum atomic E-state index is 11.8. The Morgan fingerprint density at radius 3 is 2.54 bits per heavy atom. The van der Waals surface area contributed by atoms with E-state index in [4.69, 9.17) is 0 Å². The Morgan fingerprint density at radius 1 is 1.38 bits per heavy atom. The quantitative estimate of drug-likeness (QED) is 0.884. The van der Waals surface area contributed by atoms with Gasteiger partial charge in [-0.3, -0.25) is 9.69 Å². The number of carboxylic acids is 1. The summed E-state index contributed by atoms with van der Waals surface area (Å²) < 4.78 is 1.96. The number of hydrogen-bond donors (Lipinski definition) is 1. The minimum absolute atomic E-state index is 0.0710. The molecule has 1 aromatic rings. The van der Waals surface area contributed by atoms with Gasteiger partial charge in [-0.1, -0.05) is 0 Å². The number of rotatable bonds is 4. The molecule has 0 aromatic carbocycles. The maximum Gasteiger partial charge on any atom is 0.326 e. The van der Waals surface area contributed by atoms with E-state index in [9.17, 15) is 20.0 Å². The Labute approximate surface area is 153 Å². The molecule has 0 radical (unpaired) electrons. The molecule has 0 aliphatic carbocycles. The molecule has 7 nitrogen and oxygen atoms in total. The molecular weight excluding hydrogens is 332 g/mol. The number of likely N-dealkylation sites (tertiary alicyclic amines) is 2. The zero-order chi connectivity index (χ0) is 18.9. The van der Waals surface area contributed by atoms with Crippen molar-refractivity contribution in [2.45, 2.75) is 52.2 Å². The Bertz CT molecular complexity index is 716. The number of carbonyl (C=O) groups is 2. The number of piperidine rings is 1. The van der Waals surface area contributed by atoms with E-state index in [0.717, 1.165) is 44.6 Å². The predicted octanol–water partition coefficient (Wildman–Crippen LogP) is 1.67. The van der Waals surface area contributed by atoms with E-state index in [2.05, 4.69) is 11.0 Å². The lowest BCUT2D eigenvalue weighted by molar-refractivity contribution is -0.147. The number of nitrogens with zero attached hydrogens (tertiary/aromatic N) is 4. The number of amides is 1. The smallest absolute Gasteiger partial charge is 0.326 e. The zero-order valence-corrected chi connectivity index (χ0v) is 15.4. The minimum atomic E-state index is -0.899. The molecule has 7 heteroatoms. The summed E-state index contributed by atoms with van der Waals surface area (Å²) in [6.07, 6.45) is 4.40. The number of nitriles is 1. The standard InChI is InChI=1S/C19H26N4O3/c1-3-22-12-15(8-16(22)10-20)11-21-6-4-19(5-7-21)9-17(18(25)26)23(13-19)14(2)24/h8,12,17H,3-7,9,11,13H2,1-2H3,(H,25,26)/t17-/m1/s1. The van der Waals surface area contributed by atoms with Crippen LogP contribution >= 0.6 is 0 Å². The number of aryl methyl sites for hydroxylation is 1. The van der Waals surface area contributed by atoms with E-state index in [-0.39, 0.29) is 11.3 Å². The summed E-state index contributed by atoms with van der Waals surface area (Å²) in [5, 5.41) is 18.6. The van der Waals surface area contributed by atoms with Gasteiger partial charge < -0.3 is 14.6 Å². The van der Waals surface area contributed by atoms with Crippen LogP contribution < -0.4 is 0 Å². The molecule has 2 aliphatic heterocycles. The first kappa shape index (κ1) is 18.5. The second-order valence-corrected chi connectivity index (χ2v) is 7.61. The molecule has 1 aromatic heterocycles. The van der Waals surface area contributed by atoms with Gasteiger partial charge in [0, 0.05) is 32.8 Å². The summed E-state index contributed by atoms with van der Waals surface area (Å²) in [7, 11) is 0. The number of aromatic nitrogens is 1. The summed E-state index contributed by atoms with van der Waals surface area (Å²) in [6, 6.07) is 3.49. The van der Waals surface area contributed by atoms with Gasteiger partial charge in [-0.15, -0.1) is 0 Å². The third kappa shape index (κ3) is 3.47. The van der Waals surface area contributed by atoms with E-state index in [1.165, 1.54) is 11.8 Å². The van der Waals surface area contributed by atoms with E-state index in [1.807, 2.05) is 23.8 Å². The molecule has 2 aliphatic rings. The van der Waals surface area contributed by atoms with Crippen molar-refractivity contribution < 1.29 is 14.7 Å². The molecule has 2 saturated heterocycles. The lowest BCUT2D eigenvalue weighted by atomic mass is 9.76. The highest BCUT2D eigenvalue weighted by atomic mass is 16.4. The summed E-state index contributed by atoms with van der Waals surface area (Å²) in [6.45, 7) is 7.39. The van der Waals surface area contributed by atoms with Gasteiger partial charge in [0.25, 0.3) is 0 Å².